The Morgan fingerprint density at radius 1 is 1.30 bits per heavy atom. The standard InChI is InChI=1S/C18H18F2N5O7P/c19-17(20)18(6-30-33(28)29-5-9-3-1-2-4-10(9)32-33)13(27)12(26)16(31-18)25-8-24-11-14(21)22-7-23-15(11)25/h1-4,7-8,12-13,16-17,26-27H,5-6H2,(H2,21,22,23)/t12-,13-,16+,18+,33?/m0/s1. The number of halogens is 2. The quantitative estimate of drug-likeness (QED) is 0.448. The fourth-order valence-electron chi connectivity index (χ4n) is 3.70. The van der Waals surface area contributed by atoms with Crippen molar-refractivity contribution in [2.75, 3.05) is 12.3 Å². The minimum Gasteiger partial charge on any atom is -0.404 e. The van der Waals surface area contributed by atoms with E-state index in [9.17, 15) is 23.6 Å². The number of aliphatic hydroxyl groups is 2. The summed E-state index contributed by atoms with van der Waals surface area (Å²) in [5.41, 5.74) is 3.81. The maximum atomic E-state index is 14.2. The number of aliphatic hydroxyl groups excluding tert-OH is 2. The molecule has 0 radical (unpaired) electrons. The molecule has 0 saturated carbocycles. The van der Waals surface area contributed by atoms with Crippen LogP contribution in [0.2, 0.25) is 0 Å². The Bertz CT molecular complexity index is 1250. The molecule has 5 rings (SSSR count). The summed E-state index contributed by atoms with van der Waals surface area (Å²) in [6.07, 6.45) is -6.59. The summed E-state index contributed by atoms with van der Waals surface area (Å²) in [7, 11) is -4.31. The van der Waals surface area contributed by atoms with Crippen molar-refractivity contribution in [2.24, 2.45) is 0 Å². The maximum Gasteiger partial charge on any atom is 0.530 e. The van der Waals surface area contributed by atoms with Gasteiger partial charge in [0.05, 0.1) is 19.5 Å². The number of nitrogens with two attached hydrogens (primary N) is 1. The first-order valence-corrected chi connectivity index (χ1v) is 11.1. The molecule has 12 nitrogen and oxygen atoms in total. The molecule has 1 unspecified atom stereocenters. The highest BCUT2D eigenvalue weighted by molar-refractivity contribution is 7.49. The van der Waals surface area contributed by atoms with Gasteiger partial charge in [-0.25, -0.2) is 28.3 Å². The van der Waals surface area contributed by atoms with E-state index in [4.69, 9.17) is 24.0 Å². The smallest absolute Gasteiger partial charge is 0.404 e. The number of phosphoric ester groups is 1. The lowest BCUT2D eigenvalue weighted by Gasteiger charge is -2.32. The summed E-state index contributed by atoms with van der Waals surface area (Å²) in [6, 6.07) is 6.55. The molecule has 3 aromatic rings. The number of aromatic nitrogens is 4. The number of hydrogen-bond acceptors (Lipinski definition) is 11. The number of ether oxygens (including phenoxy) is 1. The third-order valence-electron chi connectivity index (χ3n) is 5.50. The number of benzene rings is 1. The molecule has 176 valence electrons. The number of alkyl halides is 2. The molecule has 5 atom stereocenters. The molecule has 1 aromatic carbocycles. The summed E-state index contributed by atoms with van der Waals surface area (Å²) in [6.45, 7) is -1.24. The van der Waals surface area contributed by atoms with Gasteiger partial charge in [-0.3, -0.25) is 13.6 Å². The van der Waals surface area contributed by atoms with E-state index in [1.165, 1.54) is 6.07 Å². The summed E-state index contributed by atoms with van der Waals surface area (Å²) >= 11 is 0. The van der Waals surface area contributed by atoms with Gasteiger partial charge >= 0.3 is 7.82 Å². The highest BCUT2D eigenvalue weighted by Gasteiger charge is 2.62. The fourth-order valence-corrected chi connectivity index (χ4v) is 4.96. The minimum absolute atomic E-state index is 0.0280. The Labute approximate surface area is 184 Å². The maximum absolute atomic E-state index is 14.2. The van der Waals surface area contributed by atoms with E-state index in [0.29, 0.717) is 5.56 Å². The first-order valence-electron chi connectivity index (χ1n) is 9.66. The van der Waals surface area contributed by atoms with Gasteiger partial charge < -0.3 is 25.2 Å². The van der Waals surface area contributed by atoms with Crippen molar-refractivity contribution in [1.82, 2.24) is 19.5 Å². The topological polar surface area (TPSA) is 164 Å². The molecule has 0 amide bonds. The molecule has 0 aliphatic carbocycles. The monoisotopic (exact) mass is 485 g/mol. The molecule has 4 heterocycles. The second-order valence-electron chi connectivity index (χ2n) is 7.48. The Morgan fingerprint density at radius 3 is 2.88 bits per heavy atom. The molecule has 0 spiro atoms. The summed E-state index contributed by atoms with van der Waals surface area (Å²) in [5, 5.41) is 21.1. The Morgan fingerprint density at radius 2 is 2.09 bits per heavy atom. The summed E-state index contributed by atoms with van der Waals surface area (Å²) in [4.78, 5) is 11.8. The summed E-state index contributed by atoms with van der Waals surface area (Å²) in [5.74, 6) is 0.242. The van der Waals surface area contributed by atoms with Crippen LogP contribution in [0, 0.1) is 0 Å². The van der Waals surface area contributed by atoms with Crippen LogP contribution in [-0.2, 0) is 25.0 Å². The zero-order valence-corrected chi connectivity index (χ0v) is 17.6. The van der Waals surface area contributed by atoms with Crippen LogP contribution in [0.25, 0.3) is 11.2 Å². The lowest BCUT2D eigenvalue weighted by molar-refractivity contribution is -0.193. The van der Waals surface area contributed by atoms with Crippen LogP contribution < -0.4 is 10.3 Å². The van der Waals surface area contributed by atoms with E-state index in [1.54, 1.807) is 18.2 Å². The van der Waals surface area contributed by atoms with Crippen LogP contribution in [0.4, 0.5) is 14.6 Å². The first-order chi connectivity index (χ1) is 15.7. The van der Waals surface area contributed by atoms with Gasteiger partial charge in [-0.2, -0.15) is 0 Å². The second kappa shape index (κ2) is 7.94. The van der Waals surface area contributed by atoms with Crippen LogP contribution in [0.1, 0.15) is 11.8 Å². The fraction of sp³-hybridized carbons (Fsp3) is 0.389. The van der Waals surface area contributed by atoms with Crippen LogP contribution in [0.5, 0.6) is 5.75 Å². The highest BCUT2D eigenvalue weighted by atomic mass is 31.2. The number of nitrogen functional groups attached to an aromatic ring is 1. The van der Waals surface area contributed by atoms with Gasteiger partial charge in [0.25, 0.3) is 6.43 Å². The zero-order chi connectivity index (χ0) is 23.4. The van der Waals surface area contributed by atoms with Crippen molar-refractivity contribution in [3.63, 3.8) is 0 Å². The minimum atomic E-state index is -4.31. The third-order valence-corrected chi connectivity index (χ3v) is 6.81. The molecule has 33 heavy (non-hydrogen) atoms. The van der Waals surface area contributed by atoms with Crippen molar-refractivity contribution in [3.8, 4) is 5.75 Å². The lowest BCUT2D eigenvalue weighted by Crippen LogP contribution is -2.52. The molecule has 4 N–H and O–H groups in total. The lowest BCUT2D eigenvalue weighted by atomic mass is 9.96. The van der Waals surface area contributed by atoms with Gasteiger partial charge in [-0.15, -0.1) is 0 Å². The Balaban J connectivity index is 1.42. The van der Waals surface area contributed by atoms with E-state index in [-0.39, 0.29) is 29.3 Å². The van der Waals surface area contributed by atoms with Gasteiger partial charge in [0.1, 0.15) is 29.8 Å². The average molecular weight is 485 g/mol. The predicted octanol–water partition coefficient (Wildman–Crippen LogP) is 1.40. The molecule has 2 aromatic heterocycles. The second-order valence-corrected chi connectivity index (χ2v) is 9.07. The van der Waals surface area contributed by atoms with Crippen molar-refractivity contribution in [1.29, 1.82) is 0 Å². The molecular formula is C18H18F2N5O7P. The van der Waals surface area contributed by atoms with Gasteiger partial charge in [0.15, 0.2) is 23.3 Å². The van der Waals surface area contributed by atoms with E-state index < -0.39 is 44.9 Å². The third kappa shape index (κ3) is 3.55. The van der Waals surface area contributed by atoms with Crippen molar-refractivity contribution in [3.05, 3.63) is 42.5 Å². The normalized spacial score (nSPS) is 31.6. The van der Waals surface area contributed by atoms with E-state index >= 15 is 0 Å². The van der Waals surface area contributed by atoms with Gasteiger partial charge in [-0.05, 0) is 6.07 Å². The van der Waals surface area contributed by atoms with Crippen molar-refractivity contribution >= 4 is 24.8 Å². The number of fused-ring (bicyclic) bond motifs is 2. The number of imidazole rings is 1. The highest BCUT2D eigenvalue weighted by Crippen LogP contribution is 2.56. The first kappa shape index (κ1) is 22.1. The number of para-hydroxylation sites is 1. The number of hydrogen-bond donors (Lipinski definition) is 3. The van der Waals surface area contributed by atoms with Gasteiger partial charge in [0.2, 0.25) is 0 Å². The number of phosphoric acid groups is 1. The van der Waals surface area contributed by atoms with Crippen molar-refractivity contribution in [2.45, 2.75) is 37.1 Å². The number of anilines is 1. The molecule has 1 saturated heterocycles. The number of nitrogens with zero attached hydrogens (tertiary/aromatic N) is 4. The Kier molecular flexibility index (Phi) is 5.31. The van der Waals surface area contributed by atoms with Crippen molar-refractivity contribution < 1.29 is 41.9 Å². The number of rotatable bonds is 5. The largest absolute Gasteiger partial charge is 0.530 e. The van der Waals surface area contributed by atoms with E-state index in [1.807, 2.05) is 0 Å². The van der Waals surface area contributed by atoms with Gasteiger partial charge in [-0.1, -0.05) is 18.2 Å². The summed E-state index contributed by atoms with van der Waals surface area (Å²) < 4.78 is 63.4. The van der Waals surface area contributed by atoms with E-state index in [0.717, 1.165) is 17.2 Å². The van der Waals surface area contributed by atoms with Gasteiger partial charge in [0, 0.05) is 5.56 Å². The van der Waals surface area contributed by atoms with Crippen LogP contribution in [0.3, 0.4) is 0 Å². The molecule has 15 heteroatoms. The van der Waals surface area contributed by atoms with Crippen LogP contribution >= 0.6 is 7.82 Å². The predicted molar refractivity (Wildman–Crippen MR) is 106 cm³/mol. The van der Waals surface area contributed by atoms with E-state index in [2.05, 4.69) is 15.0 Å². The molecule has 1 fully saturated rings. The molecule has 2 aliphatic heterocycles. The average Bonchev–Trinajstić information content (AvgIpc) is 3.33. The zero-order valence-electron chi connectivity index (χ0n) is 16.7. The molecule has 0 bridgehead atoms. The van der Waals surface area contributed by atoms with Crippen LogP contribution in [-0.4, -0.2) is 60.6 Å². The Hall–Kier alpha value is -2.74. The molecule has 2 aliphatic rings. The SMILES string of the molecule is Nc1ncnc2c1ncn2[C@@H]1O[C@@](COP2(=O)OCc3ccccc3O2)(C(F)F)[C@@H](O)[C@@H]1O. The van der Waals surface area contributed by atoms with Crippen LogP contribution in [0.15, 0.2) is 36.9 Å². The molecular weight excluding hydrogens is 467 g/mol.